The molecule has 0 amide bonds. The van der Waals surface area contributed by atoms with Crippen molar-refractivity contribution in [1.82, 2.24) is 19.9 Å². The van der Waals surface area contributed by atoms with Gasteiger partial charge in [-0.25, -0.2) is 9.97 Å². The molecule has 0 bridgehead atoms. The fraction of sp³-hybridized carbons (Fsp3) is 0.0625. The van der Waals surface area contributed by atoms with Gasteiger partial charge in [0.05, 0.1) is 33.5 Å². The third-order valence-electron chi connectivity index (χ3n) is 5.67. The van der Waals surface area contributed by atoms with Gasteiger partial charge < -0.3 is 0 Å². The van der Waals surface area contributed by atoms with E-state index in [-0.39, 0.29) is 0 Å². The predicted octanol–water partition coefficient (Wildman–Crippen LogP) is 7.77. The minimum atomic E-state index is 0.795. The van der Waals surface area contributed by atoms with Gasteiger partial charge in [0.2, 0.25) is 0 Å². The highest BCUT2D eigenvalue weighted by molar-refractivity contribution is 5.77. The maximum Gasteiger partial charge on any atom is 0.0893 e. The molecule has 0 N–H and O–H groups in total. The Bertz CT molecular complexity index is 1520. The van der Waals surface area contributed by atoms with E-state index in [1.807, 2.05) is 111 Å². The van der Waals surface area contributed by atoms with E-state index in [4.69, 9.17) is 19.9 Å². The van der Waals surface area contributed by atoms with Gasteiger partial charge in [-0.3, -0.25) is 9.97 Å². The van der Waals surface area contributed by atoms with Crippen LogP contribution in [0.4, 0.5) is 0 Å². The standard InChI is InChI=1S/C32H26N4/c1-23-21-31(25-13-5-3-6-14-25)35-30-20-12-10-18-28(30)34-24(2)22-32(26-15-7-4-8-16-26)36-29-19-11-9-17-27(29)33-23/h3-22H,1-2H3. The highest BCUT2D eigenvalue weighted by Crippen LogP contribution is 2.20. The number of hydrogen-bond acceptors (Lipinski definition) is 4. The average Bonchev–Trinajstić information content (AvgIpc) is 2.90. The van der Waals surface area contributed by atoms with E-state index < -0.39 is 0 Å². The Labute approximate surface area is 211 Å². The van der Waals surface area contributed by atoms with E-state index in [2.05, 4.69) is 24.3 Å². The molecule has 0 aliphatic rings. The maximum absolute atomic E-state index is 5.04. The van der Waals surface area contributed by atoms with Gasteiger partial charge >= 0.3 is 0 Å². The molecule has 0 saturated carbocycles. The Morgan fingerprint density at radius 2 is 0.667 bits per heavy atom. The molecule has 0 fully saturated rings. The van der Waals surface area contributed by atoms with E-state index in [9.17, 15) is 0 Å². The van der Waals surface area contributed by atoms with Crippen LogP contribution in [0.3, 0.4) is 0 Å². The Morgan fingerprint density at radius 1 is 0.361 bits per heavy atom. The molecular weight excluding hydrogens is 440 g/mol. The summed E-state index contributed by atoms with van der Waals surface area (Å²) in [4.78, 5) is 20.0. The summed E-state index contributed by atoms with van der Waals surface area (Å²) >= 11 is 0. The first-order chi connectivity index (χ1) is 17.7. The second kappa shape index (κ2) is 10.7. The van der Waals surface area contributed by atoms with Gasteiger partial charge in [-0.05, 0) is 50.2 Å². The lowest BCUT2D eigenvalue weighted by Gasteiger charge is -2.03. The van der Waals surface area contributed by atoms with Crippen LogP contribution >= 0.6 is 0 Å². The summed E-state index contributed by atoms with van der Waals surface area (Å²) in [7, 11) is 0. The molecular formula is C32H26N4. The molecule has 0 aliphatic carbocycles. The smallest absolute Gasteiger partial charge is 0.0893 e. The van der Waals surface area contributed by atoms with Crippen LogP contribution in [-0.2, 0) is 0 Å². The van der Waals surface area contributed by atoms with Gasteiger partial charge in [-0.1, -0.05) is 84.9 Å². The molecule has 4 aromatic carbocycles. The van der Waals surface area contributed by atoms with Crippen molar-refractivity contribution >= 4 is 22.1 Å². The Morgan fingerprint density at radius 3 is 1.03 bits per heavy atom. The second-order valence-electron chi connectivity index (χ2n) is 8.50. The lowest BCUT2D eigenvalue weighted by atomic mass is 10.1. The first kappa shape index (κ1) is 23.1. The third-order valence-corrected chi connectivity index (χ3v) is 5.67. The van der Waals surface area contributed by atoms with Crippen LogP contribution in [0.5, 0.6) is 0 Å². The van der Waals surface area contributed by atoms with Crippen molar-refractivity contribution in [2.45, 2.75) is 13.8 Å². The summed E-state index contributed by atoms with van der Waals surface area (Å²) < 4.78 is 0. The number of aryl methyl sites for hydroxylation is 2. The van der Waals surface area contributed by atoms with Crippen molar-refractivity contribution in [3.63, 3.8) is 0 Å². The zero-order valence-corrected chi connectivity index (χ0v) is 20.3. The van der Waals surface area contributed by atoms with Gasteiger partial charge in [0.25, 0.3) is 0 Å². The van der Waals surface area contributed by atoms with Crippen molar-refractivity contribution in [3.05, 3.63) is 133 Å². The van der Waals surface area contributed by atoms with Gasteiger partial charge in [0, 0.05) is 22.5 Å². The van der Waals surface area contributed by atoms with E-state index in [0.29, 0.717) is 0 Å². The van der Waals surface area contributed by atoms with Crippen molar-refractivity contribution in [2.24, 2.45) is 0 Å². The minimum Gasteiger partial charge on any atom is -0.251 e. The number of hydrogen-bond donors (Lipinski definition) is 0. The zero-order chi connectivity index (χ0) is 24.7. The SMILES string of the molecule is Cc1cc(-c2ccccc2)nc2ccccc2nc(C)cc(-c2ccccc2)nc2ccccc2n1. The van der Waals surface area contributed by atoms with Crippen LogP contribution in [0.1, 0.15) is 11.4 Å². The quantitative estimate of drug-likeness (QED) is 0.267. The minimum absolute atomic E-state index is 0.795. The molecule has 5 aromatic rings. The summed E-state index contributed by atoms with van der Waals surface area (Å²) in [5.41, 5.74) is 8.53. The number of fused-ring (bicyclic) bond motifs is 2. The summed E-state index contributed by atoms with van der Waals surface area (Å²) in [5, 5.41) is 0. The Hall–Kier alpha value is -4.70. The van der Waals surface area contributed by atoms with Crippen LogP contribution in [0.15, 0.2) is 121 Å². The largest absolute Gasteiger partial charge is 0.251 e. The van der Waals surface area contributed by atoms with Crippen LogP contribution in [0, 0.1) is 13.8 Å². The monoisotopic (exact) mass is 466 g/mol. The molecule has 4 nitrogen and oxygen atoms in total. The van der Waals surface area contributed by atoms with E-state index >= 15 is 0 Å². The molecule has 0 saturated heterocycles. The second-order valence-corrected chi connectivity index (χ2v) is 8.50. The Balaban J connectivity index is 1.94. The van der Waals surface area contributed by atoms with Crippen LogP contribution in [-0.4, -0.2) is 19.9 Å². The topological polar surface area (TPSA) is 51.6 Å². The predicted molar refractivity (Wildman–Crippen MR) is 148 cm³/mol. The summed E-state index contributed by atoms with van der Waals surface area (Å²) in [6.45, 7) is 3.98. The number of aromatic nitrogens is 4. The molecule has 4 heteroatoms. The van der Waals surface area contributed by atoms with E-state index in [1.54, 1.807) is 0 Å². The van der Waals surface area contributed by atoms with Crippen LogP contribution < -0.4 is 0 Å². The van der Waals surface area contributed by atoms with E-state index in [1.165, 1.54) is 0 Å². The molecule has 0 atom stereocenters. The molecule has 36 heavy (non-hydrogen) atoms. The lowest BCUT2D eigenvalue weighted by Crippen LogP contribution is -1.88. The highest BCUT2D eigenvalue weighted by Gasteiger charge is 2.02. The van der Waals surface area contributed by atoms with Gasteiger partial charge in [-0.2, -0.15) is 0 Å². The van der Waals surface area contributed by atoms with Gasteiger partial charge in [0.15, 0.2) is 0 Å². The first-order valence-corrected chi connectivity index (χ1v) is 11.9. The van der Waals surface area contributed by atoms with Gasteiger partial charge in [0.1, 0.15) is 0 Å². The average molecular weight is 467 g/mol. The molecule has 0 spiro atoms. The van der Waals surface area contributed by atoms with E-state index in [0.717, 1.165) is 56.0 Å². The fourth-order valence-corrected chi connectivity index (χ4v) is 3.98. The molecule has 1 aromatic heterocycles. The number of nitrogens with zero attached hydrogens (tertiary/aromatic N) is 4. The number of benzene rings is 4. The fourth-order valence-electron chi connectivity index (χ4n) is 3.98. The van der Waals surface area contributed by atoms with Crippen LogP contribution in [0.25, 0.3) is 44.6 Å². The molecule has 0 unspecified atom stereocenters. The summed E-state index contributed by atoms with van der Waals surface area (Å²) in [6, 6.07) is 40.2. The summed E-state index contributed by atoms with van der Waals surface area (Å²) in [5.74, 6) is 0. The molecule has 0 radical (unpaired) electrons. The molecule has 5 rings (SSSR count). The zero-order valence-electron chi connectivity index (χ0n) is 20.3. The molecule has 174 valence electrons. The normalized spacial score (nSPS) is 10.5. The van der Waals surface area contributed by atoms with Crippen molar-refractivity contribution < 1.29 is 0 Å². The lowest BCUT2D eigenvalue weighted by molar-refractivity contribution is 1.23. The number of para-hydroxylation sites is 4. The molecule has 1 heterocycles. The van der Waals surface area contributed by atoms with Crippen molar-refractivity contribution in [2.75, 3.05) is 0 Å². The molecule has 0 aliphatic heterocycles. The number of rotatable bonds is 2. The summed E-state index contributed by atoms with van der Waals surface area (Å²) in [6.07, 6.45) is 0. The highest BCUT2D eigenvalue weighted by atomic mass is 14.8. The maximum atomic E-state index is 5.04. The van der Waals surface area contributed by atoms with Crippen LogP contribution in [0.2, 0.25) is 0 Å². The van der Waals surface area contributed by atoms with Crippen molar-refractivity contribution in [3.8, 4) is 22.5 Å². The first-order valence-electron chi connectivity index (χ1n) is 11.9. The van der Waals surface area contributed by atoms with Crippen molar-refractivity contribution in [1.29, 1.82) is 0 Å². The third kappa shape index (κ3) is 5.50. The Kier molecular flexibility index (Phi) is 6.86. The van der Waals surface area contributed by atoms with Gasteiger partial charge in [-0.15, -0.1) is 0 Å².